The molecular formula is C14H19N3. The molecular weight excluding hydrogens is 210 g/mol. The Morgan fingerprint density at radius 2 is 1.53 bits per heavy atom. The molecule has 17 heavy (non-hydrogen) atoms. The standard InChI is InChI=1S/C14H19N3/c15-13-8-16-12(7-17-13)14-4-9-1-10(5-14)3-11(2-9)6-14/h7-11H,1-6H2,(H2,15,17). The lowest BCUT2D eigenvalue weighted by Gasteiger charge is -2.56. The van der Waals surface area contributed by atoms with Crippen LogP contribution in [0.2, 0.25) is 0 Å². The minimum absolute atomic E-state index is 0.357. The SMILES string of the molecule is Nc1cnc(C23CC4CC(CC(C4)C2)C3)cn1. The van der Waals surface area contributed by atoms with Crippen molar-refractivity contribution in [1.29, 1.82) is 0 Å². The van der Waals surface area contributed by atoms with E-state index in [1.807, 2.05) is 6.20 Å². The molecule has 0 unspecified atom stereocenters. The largest absolute Gasteiger partial charge is 0.382 e. The maximum atomic E-state index is 5.64. The number of nitrogen functional groups attached to an aromatic ring is 1. The Labute approximate surface area is 102 Å². The van der Waals surface area contributed by atoms with Gasteiger partial charge in [0, 0.05) is 5.41 Å². The first-order valence-electron chi connectivity index (χ1n) is 6.81. The van der Waals surface area contributed by atoms with Crippen LogP contribution < -0.4 is 5.73 Å². The van der Waals surface area contributed by atoms with E-state index in [1.165, 1.54) is 44.2 Å². The molecule has 90 valence electrons. The Bertz CT molecular complexity index is 402. The minimum atomic E-state index is 0.357. The third-order valence-electron chi connectivity index (χ3n) is 5.25. The van der Waals surface area contributed by atoms with Gasteiger partial charge in [-0.1, -0.05) is 0 Å². The van der Waals surface area contributed by atoms with Gasteiger partial charge >= 0.3 is 0 Å². The van der Waals surface area contributed by atoms with E-state index < -0.39 is 0 Å². The van der Waals surface area contributed by atoms with Crippen LogP contribution in [0.1, 0.15) is 44.2 Å². The molecule has 0 saturated heterocycles. The van der Waals surface area contributed by atoms with E-state index in [4.69, 9.17) is 5.73 Å². The third kappa shape index (κ3) is 1.41. The summed E-state index contributed by atoms with van der Waals surface area (Å²) in [6.07, 6.45) is 12.1. The Kier molecular flexibility index (Phi) is 1.86. The lowest BCUT2D eigenvalue weighted by atomic mass is 9.49. The molecule has 3 heteroatoms. The molecule has 3 nitrogen and oxygen atoms in total. The van der Waals surface area contributed by atoms with Crippen molar-refractivity contribution in [2.45, 2.75) is 43.9 Å². The maximum absolute atomic E-state index is 5.64. The highest BCUT2D eigenvalue weighted by Gasteiger charge is 2.52. The number of nitrogens with zero attached hydrogens (tertiary/aromatic N) is 2. The van der Waals surface area contributed by atoms with Gasteiger partial charge in [0.25, 0.3) is 0 Å². The molecule has 0 aromatic carbocycles. The first kappa shape index (κ1) is 9.86. The smallest absolute Gasteiger partial charge is 0.141 e. The molecule has 4 aliphatic rings. The molecule has 0 spiro atoms. The number of anilines is 1. The van der Waals surface area contributed by atoms with Gasteiger partial charge in [-0.15, -0.1) is 0 Å². The number of hydrogen-bond donors (Lipinski definition) is 1. The summed E-state index contributed by atoms with van der Waals surface area (Å²) in [5, 5.41) is 0. The van der Waals surface area contributed by atoms with Crippen LogP contribution in [-0.4, -0.2) is 9.97 Å². The quantitative estimate of drug-likeness (QED) is 0.805. The van der Waals surface area contributed by atoms with Gasteiger partial charge < -0.3 is 5.73 Å². The van der Waals surface area contributed by atoms with Gasteiger partial charge in [-0.2, -0.15) is 0 Å². The van der Waals surface area contributed by atoms with Crippen LogP contribution >= 0.6 is 0 Å². The van der Waals surface area contributed by atoms with Gasteiger partial charge in [-0.25, -0.2) is 4.98 Å². The van der Waals surface area contributed by atoms with E-state index in [2.05, 4.69) is 9.97 Å². The highest BCUT2D eigenvalue weighted by molar-refractivity contribution is 5.27. The lowest BCUT2D eigenvalue weighted by molar-refractivity contribution is -0.00735. The Balaban J connectivity index is 1.74. The summed E-state index contributed by atoms with van der Waals surface area (Å²) in [7, 11) is 0. The van der Waals surface area contributed by atoms with Crippen molar-refractivity contribution in [2.24, 2.45) is 17.8 Å². The summed E-state index contributed by atoms with van der Waals surface area (Å²) in [4.78, 5) is 8.83. The van der Waals surface area contributed by atoms with Crippen LogP contribution in [0.4, 0.5) is 5.82 Å². The van der Waals surface area contributed by atoms with Gasteiger partial charge in [0.2, 0.25) is 0 Å². The zero-order valence-electron chi connectivity index (χ0n) is 10.1. The van der Waals surface area contributed by atoms with Crippen LogP contribution in [0, 0.1) is 17.8 Å². The fraction of sp³-hybridized carbons (Fsp3) is 0.714. The Morgan fingerprint density at radius 3 is 2.00 bits per heavy atom. The molecule has 1 aromatic heterocycles. The molecule has 0 amide bonds. The predicted octanol–water partition coefficient (Wildman–Crippen LogP) is 2.53. The van der Waals surface area contributed by atoms with Gasteiger partial charge in [0.15, 0.2) is 0 Å². The van der Waals surface area contributed by atoms with Gasteiger partial charge in [0.05, 0.1) is 18.1 Å². The maximum Gasteiger partial charge on any atom is 0.141 e. The topological polar surface area (TPSA) is 51.8 Å². The van der Waals surface area contributed by atoms with Crippen molar-refractivity contribution in [3.63, 3.8) is 0 Å². The van der Waals surface area contributed by atoms with Crippen LogP contribution in [0.15, 0.2) is 12.4 Å². The Hall–Kier alpha value is -1.12. The molecule has 1 heterocycles. The molecule has 5 rings (SSSR count). The number of aromatic nitrogens is 2. The monoisotopic (exact) mass is 229 g/mol. The van der Waals surface area contributed by atoms with Crippen molar-refractivity contribution >= 4 is 5.82 Å². The van der Waals surface area contributed by atoms with Crippen molar-refractivity contribution < 1.29 is 0 Å². The average molecular weight is 229 g/mol. The second-order valence-corrected chi connectivity index (χ2v) is 6.52. The second-order valence-electron chi connectivity index (χ2n) is 6.52. The predicted molar refractivity (Wildman–Crippen MR) is 66.3 cm³/mol. The molecule has 1 aromatic rings. The van der Waals surface area contributed by atoms with Gasteiger partial charge in [0.1, 0.15) is 5.82 Å². The molecule has 0 aliphatic heterocycles. The van der Waals surface area contributed by atoms with E-state index in [1.54, 1.807) is 6.20 Å². The van der Waals surface area contributed by atoms with Crippen molar-refractivity contribution in [2.75, 3.05) is 5.73 Å². The van der Waals surface area contributed by atoms with Crippen molar-refractivity contribution in [1.82, 2.24) is 9.97 Å². The summed E-state index contributed by atoms with van der Waals surface area (Å²) in [6.45, 7) is 0. The molecule has 0 radical (unpaired) electrons. The van der Waals surface area contributed by atoms with Gasteiger partial charge in [-0.3, -0.25) is 4.98 Å². The average Bonchev–Trinajstić information content (AvgIpc) is 2.27. The van der Waals surface area contributed by atoms with Crippen LogP contribution in [0.25, 0.3) is 0 Å². The van der Waals surface area contributed by atoms with E-state index in [0.717, 1.165) is 17.8 Å². The highest BCUT2D eigenvalue weighted by atomic mass is 14.9. The van der Waals surface area contributed by atoms with E-state index in [9.17, 15) is 0 Å². The fourth-order valence-corrected chi connectivity index (χ4v) is 5.04. The van der Waals surface area contributed by atoms with Crippen LogP contribution in [0.3, 0.4) is 0 Å². The normalized spacial score (nSPS) is 42.9. The summed E-state index contributed by atoms with van der Waals surface area (Å²) >= 11 is 0. The Morgan fingerprint density at radius 1 is 0.941 bits per heavy atom. The van der Waals surface area contributed by atoms with Gasteiger partial charge in [-0.05, 0) is 56.3 Å². The van der Waals surface area contributed by atoms with Crippen molar-refractivity contribution in [3.8, 4) is 0 Å². The summed E-state index contributed by atoms with van der Waals surface area (Å²) in [5.74, 6) is 3.42. The minimum Gasteiger partial charge on any atom is -0.382 e. The number of rotatable bonds is 1. The first-order chi connectivity index (χ1) is 8.23. The zero-order chi connectivity index (χ0) is 11.5. The van der Waals surface area contributed by atoms with E-state index >= 15 is 0 Å². The first-order valence-corrected chi connectivity index (χ1v) is 6.81. The molecule has 4 bridgehead atoms. The van der Waals surface area contributed by atoms with E-state index in [-0.39, 0.29) is 0 Å². The lowest BCUT2D eigenvalue weighted by Crippen LogP contribution is -2.49. The molecule has 4 fully saturated rings. The summed E-state index contributed by atoms with van der Waals surface area (Å²) in [5.41, 5.74) is 7.21. The molecule has 4 aliphatic carbocycles. The van der Waals surface area contributed by atoms with Crippen LogP contribution in [0.5, 0.6) is 0 Å². The number of hydrogen-bond acceptors (Lipinski definition) is 3. The number of nitrogens with two attached hydrogens (primary N) is 1. The molecule has 4 saturated carbocycles. The van der Waals surface area contributed by atoms with Crippen LogP contribution in [-0.2, 0) is 5.41 Å². The highest BCUT2D eigenvalue weighted by Crippen LogP contribution is 2.60. The van der Waals surface area contributed by atoms with E-state index in [0.29, 0.717) is 11.2 Å². The molecule has 2 N–H and O–H groups in total. The zero-order valence-corrected chi connectivity index (χ0v) is 10.1. The second kappa shape index (κ2) is 3.21. The molecule has 0 atom stereocenters. The van der Waals surface area contributed by atoms with Crippen molar-refractivity contribution in [3.05, 3.63) is 18.1 Å². The fourth-order valence-electron chi connectivity index (χ4n) is 5.04. The summed E-state index contributed by atoms with van der Waals surface area (Å²) < 4.78 is 0. The summed E-state index contributed by atoms with van der Waals surface area (Å²) in [6, 6.07) is 0. The third-order valence-corrected chi connectivity index (χ3v) is 5.25.